The van der Waals surface area contributed by atoms with E-state index in [1.165, 1.54) is 6.33 Å². The molecule has 0 aliphatic carbocycles. The Balaban J connectivity index is 1.79. The van der Waals surface area contributed by atoms with Crippen molar-refractivity contribution in [2.24, 2.45) is 0 Å². The molecule has 0 bridgehead atoms. The first-order chi connectivity index (χ1) is 7.75. The zero-order valence-corrected chi connectivity index (χ0v) is 9.46. The van der Waals surface area contributed by atoms with Crippen LogP contribution >= 0.6 is 0 Å². The largest absolute Gasteiger partial charge is 0.340 e. The molecular formula is C10H17N5O. The van der Waals surface area contributed by atoms with E-state index in [9.17, 15) is 4.79 Å². The highest BCUT2D eigenvalue weighted by molar-refractivity contribution is 5.76. The predicted molar refractivity (Wildman–Crippen MR) is 58.7 cm³/mol. The third-order valence-electron chi connectivity index (χ3n) is 2.74. The average Bonchev–Trinajstić information content (AvgIpc) is 2.78. The Kier molecular flexibility index (Phi) is 3.51. The molecule has 0 radical (unpaired) electrons. The number of rotatable bonds is 3. The molecule has 16 heavy (non-hydrogen) atoms. The molecule has 1 amide bonds. The van der Waals surface area contributed by atoms with Crippen molar-refractivity contribution in [2.45, 2.75) is 25.9 Å². The van der Waals surface area contributed by atoms with Crippen LogP contribution in [0.15, 0.2) is 12.7 Å². The molecule has 1 aliphatic rings. The predicted octanol–water partition coefficient (Wildman–Crippen LogP) is -0.511. The van der Waals surface area contributed by atoms with E-state index in [1.54, 1.807) is 11.0 Å². The molecule has 2 rings (SSSR count). The van der Waals surface area contributed by atoms with E-state index >= 15 is 0 Å². The van der Waals surface area contributed by atoms with Gasteiger partial charge in [-0.15, -0.1) is 0 Å². The minimum absolute atomic E-state index is 0.198. The van der Waals surface area contributed by atoms with Crippen molar-refractivity contribution in [1.29, 1.82) is 0 Å². The summed E-state index contributed by atoms with van der Waals surface area (Å²) in [4.78, 5) is 17.6. The Hall–Kier alpha value is -1.43. The van der Waals surface area contributed by atoms with Gasteiger partial charge in [0.05, 0.1) is 6.54 Å². The maximum atomic E-state index is 11.9. The molecule has 1 aromatic heterocycles. The molecule has 6 heteroatoms. The van der Waals surface area contributed by atoms with Crippen LogP contribution in [-0.2, 0) is 11.3 Å². The highest BCUT2D eigenvalue weighted by atomic mass is 16.2. The van der Waals surface area contributed by atoms with E-state index in [1.807, 2.05) is 4.90 Å². The first kappa shape index (κ1) is 11.1. The Bertz CT molecular complexity index is 337. The molecule has 0 aromatic carbocycles. The van der Waals surface area contributed by atoms with E-state index in [-0.39, 0.29) is 5.91 Å². The Morgan fingerprint density at radius 3 is 3.19 bits per heavy atom. The summed E-state index contributed by atoms with van der Waals surface area (Å²) < 4.78 is 1.68. The number of nitrogens with one attached hydrogen (secondary N) is 1. The van der Waals surface area contributed by atoms with Crippen LogP contribution in [0.3, 0.4) is 0 Å². The average molecular weight is 223 g/mol. The topological polar surface area (TPSA) is 63.1 Å². The van der Waals surface area contributed by atoms with Crippen molar-refractivity contribution in [1.82, 2.24) is 25.0 Å². The monoisotopic (exact) mass is 223 g/mol. The van der Waals surface area contributed by atoms with Gasteiger partial charge >= 0.3 is 0 Å². The van der Waals surface area contributed by atoms with Crippen LogP contribution in [0.2, 0.25) is 0 Å². The summed E-state index contributed by atoms with van der Waals surface area (Å²) >= 11 is 0. The van der Waals surface area contributed by atoms with E-state index < -0.39 is 0 Å². The Morgan fingerprint density at radius 1 is 1.62 bits per heavy atom. The van der Waals surface area contributed by atoms with Gasteiger partial charge in [-0.3, -0.25) is 9.48 Å². The molecular weight excluding hydrogens is 206 g/mol. The third kappa shape index (κ3) is 2.79. The molecule has 1 aliphatic heterocycles. The lowest BCUT2D eigenvalue weighted by molar-refractivity contribution is -0.132. The second kappa shape index (κ2) is 5.07. The third-order valence-corrected chi connectivity index (χ3v) is 2.74. The SMILES string of the molecule is CC1CN(C(=O)CCn2cncn2)CCN1. The molecule has 1 N–H and O–H groups in total. The lowest BCUT2D eigenvalue weighted by Crippen LogP contribution is -2.51. The minimum atomic E-state index is 0.198. The van der Waals surface area contributed by atoms with Gasteiger partial charge in [0, 0.05) is 32.1 Å². The fourth-order valence-electron chi connectivity index (χ4n) is 1.88. The van der Waals surface area contributed by atoms with Gasteiger partial charge in [0.15, 0.2) is 0 Å². The van der Waals surface area contributed by atoms with Gasteiger partial charge in [0.1, 0.15) is 12.7 Å². The molecule has 1 atom stereocenters. The summed E-state index contributed by atoms with van der Waals surface area (Å²) in [6.45, 7) is 5.20. The van der Waals surface area contributed by atoms with E-state index in [4.69, 9.17) is 0 Å². The molecule has 1 fully saturated rings. The van der Waals surface area contributed by atoms with E-state index in [0.29, 0.717) is 19.0 Å². The number of hydrogen-bond donors (Lipinski definition) is 1. The lowest BCUT2D eigenvalue weighted by atomic mass is 10.2. The second-order valence-electron chi connectivity index (χ2n) is 4.10. The zero-order chi connectivity index (χ0) is 11.4. The quantitative estimate of drug-likeness (QED) is 0.749. The minimum Gasteiger partial charge on any atom is -0.340 e. The van der Waals surface area contributed by atoms with Crippen LogP contribution in [0.5, 0.6) is 0 Å². The van der Waals surface area contributed by atoms with Gasteiger partial charge in [-0.2, -0.15) is 5.10 Å². The highest BCUT2D eigenvalue weighted by Crippen LogP contribution is 2.02. The zero-order valence-electron chi connectivity index (χ0n) is 9.46. The Labute approximate surface area is 94.6 Å². The number of carbonyl (C=O) groups is 1. The fraction of sp³-hybridized carbons (Fsp3) is 0.700. The number of aryl methyl sites for hydroxylation is 1. The van der Waals surface area contributed by atoms with Crippen LogP contribution in [0.25, 0.3) is 0 Å². The summed E-state index contributed by atoms with van der Waals surface area (Å²) in [5.41, 5.74) is 0. The molecule has 88 valence electrons. The number of hydrogen-bond acceptors (Lipinski definition) is 4. The van der Waals surface area contributed by atoms with Crippen LogP contribution < -0.4 is 5.32 Å². The van der Waals surface area contributed by atoms with Gasteiger partial charge < -0.3 is 10.2 Å². The smallest absolute Gasteiger partial charge is 0.224 e. The van der Waals surface area contributed by atoms with Gasteiger partial charge in [0.2, 0.25) is 5.91 Å². The molecule has 0 spiro atoms. The Morgan fingerprint density at radius 2 is 2.50 bits per heavy atom. The van der Waals surface area contributed by atoms with E-state index in [0.717, 1.165) is 19.6 Å². The summed E-state index contributed by atoms with van der Waals surface area (Å²) in [5, 5.41) is 7.29. The van der Waals surface area contributed by atoms with Crippen molar-refractivity contribution in [3.05, 3.63) is 12.7 Å². The van der Waals surface area contributed by atoms with Crippen LogP contribution in [-0.4, -0.2) is 51.2 Å². The molecule has 0 saturated carbocycles. The standard InChI is InChI=1S/C10H17N5O/c1-9-6-14(5-3-12-9)10(16)2-4-15-8-11-7-13-15/h7-9,12H,2-6H2,1H3. The molecule has 2 heterocycles. The summed E-state index contributed by atoms with van der Waals surface area (Å²) in [7, 11) is 0. The van der Waals surface area contributed by atoms with E-state index in [2.05, 4.69) is 22.3 Å². The second-order valence-corrected chi connectivity index (χ2v) is 4.10. The number of amides is 1. The summed E-state index contributed by atoms with van der Waals surface area (Å²) in [6.07, 6.45) is 3.61. The maximum Gasteiger partial charge on any atom is 0.224 e. The lowest BCUT2D eigenvalue weighted by Gasteiger charge is -2.31. The summed E-state index contributed by atoms with van der Waals surface area (Å²) in [5.74, 6) is 0.198. The van der Waals surface area contributed by atoms with Gasteiger partial charge in [-0.05, 0) is 6.92 Å². The molecule has 1 unspecified atom stereocenters. The molecule has 6 nitrogen and oxygen atoms in total. The van der Waals surface area contributed by atoms with Crippen molar-refractivity contribution in [2.75, 3.05) is 19.6 Å². The number of aromatic nitrogens is 3. The van der Waals surface area contributed by atoms with Crippen LogP contribution in [0, 0.1) is 0 Å². The van der Waals surface area contributed by atoms with Gasteiger partial charge in [0.25, 0.3) is 0 Å². The molecule has 1 aromatic rings. The number of piperazine rings is 1. The maximum absolute atomic E-state index is 11.9. The number of carbonyl (C=O) groups excluding carboxylic acids is 1. The normalized spacial score (nSPS) is 21.1. The number of nitrogens with zero attached hydrogens (tertiary/aromatic N) is 4. The van der Waals surface area contributed by atoms with Crippen molar-refractivity contribution >= 4 is 5.91 Å². The first-order valence-electron chi connectivity index (χ1n) is 5.59. The van der Waals surface area contributed by atoms with Gasteiger partial charge in [-0.1, -0.05) is 0 Å². The van der Waals surface area contributed by atoms with Crippen molar-refractivity contribution in [3.8, 4) is 0 Å². The summed E-state index contributed by atoms with van der Waals surface area (Å²) in [6, 6.07) is 0.393. The first-order valence-corrected chi connectivity index (χ1v) is 5.59. The fourth-order valence-corrected chi connectivity index (χ4v) is 1.88. The van der Waals surface area contributed by atoms with Crippen LogP contribution in [0.4, 0.5) is 0 Å². The van der Waals surface area contributed by atoms with Crippen LogP contribution in [0.1, 0.15) is 13.3 Å². The van der Waals surface area contributed by atoms with Crippen molar-refractivity contribution < 1.29 is 4.79 Å². The molecule has 1 saturated heterocycles. The van der Waals surface area contributed by atoms with Gasteiger partial charge in [-0.25, -0.2) is 4.98 Å². The highest BCUT2D eigenvalue weighted by Gasteiger charge is 2.19. The van der Waals surface area contributed by atoms with Crippen molar-refractivity contribution in [3.63, 3.8) is 0 Å².